The highest BCUT2D eigenvalue weighted by molar-refractivity contribution is 5.85. The van der Waals surface area contributed by atoms with Crippen LogP contribution >= 0.6 is 24.8 Å². The molecular weight excluding hydrogens is 145 g/mol. The minimum absolute atomic E-state index is 0. The maximum Gasteiger partial charge on any atom is 0.00103 e. The standard InChI is InChI=1S/C5H13N.2ClH/c1-3-4-5(2)6;;/h5H,3-4,6H2,1-2H3;2*1H. The van der Waals surface area contributed by atoms with Gasteiger partial charge in [-0.05, 0) is 13.3 Å². The van der Waals surface area contributed by atoms with E-state index in [4.69, 9.17) is 5.73 Å². The first kappa shape index (κ1) is 15.8. The quantitative estimate of drug-likeness (QED) is 0.656. The second-order valence-electron chi connectivity index (χ2n) is 1.77. The number of hydrogen-bond donors (Lipinski definition) is 1. The third kappa shape index (κ3) is 16.0. The second-order valence-corrected chi connectivity index (χ2v) is 1.77. The molecule has 0 aliphatic carbocycles. The van der Waals surface area contributed by atoms with E-state index in [9.17, 15) is 0 Å². The first-order chi connectivity index (χ1) is 2.77. The summed E-state index contributed by atoms with van der Waals surface area (Å²) in [5, 5.41) is 0. The number of halogens is 2. The van der Waals surface area contributed by atoms with Gasteiger partial charge in [-0.1, -0.05) is 13.3 Å². The van der Waals surface area contributed by atoms with Crippen LogP contribution in [0.15, 0.2) is 0 Å². The van der Waals surface area contributed by atoms with Gasteiger partial charge in [-0.2, -0.15) is 0 Å². The summed E-state index contributed by atoms with van der Waals surface area (Å²) in [6.07, 6.45) is 2.36. The normalized spacial score (nSPS) is 10.9. The van der Waals surface area contributed by atoms with E-state index in [1.807, 2.05) is 6.92 Å². The smallest absolute Gasteiger partial charge is 0.00103 e. The second kappa shape index (κ2) is 10.5. The van der Waals surface area contributed by atoms with Crippen molar-refractivity contribution in [1.82, 2.24) is 0 Å². The topological polar surface area (TPSA) is 26.0 Å². The van der Waals surface area contributed by atoms with Crippen LogP contribution in [0.2, 0.25) is 0 Å². The van der Waals surface area contributed by atoms with Gasteiger partial charge in [0, 0.05) is 6.04 Å². The summed E-state index contributed by atoms with van der Waals surface area (Å²) < 4.78 is 0. The first-order valence-electron chi connectivity index (χ1n) is 2.53. The van der Waals surface area contributed by atoms with Gasteiger partial charge in [-0.15, -0.1) is 24.8 Å². The van der Waals surface area contributed by atoms with E-state index in [1.54, 1.807) is 0 Å². The number of rotatable bonds is 2. The molecule has 0 heterocycles. The van der Waals surface area contributed by atoms with Crippen molar-refractivity contribution in [3.8, 4) is 0 Å². The van der Waals surface area contributed by atoms with Crippen LogP contribution in [0.5, 0.6) is 0 Å². The van der Waals surface area contributed by atoms with E-state index in [-0.39, 0.29) is 24.8 Å². The molecule has 54 valence electrons. The Hall–Kier alpha value is 0.540. The molecule has 0 radical (unpaired) electrons. The Labute approximate surface area is 63.8 Å². The fraction of sp³-hybridized carbons (Fsp3) is 1.00. The van der Waals surface area contributed by atoms with Crippen LogP contribution in [-0.4, -0.2) is 6.04 Å². The zero-order valence-corrected chi connectivity index (χ0v) is 7.02. The van der Waals surface area contributed by atoms with Gasteiger partial charge in [-0.25, -0.2) is 0 Å². The van der Waals surface area contributed by atoms with Gasteiger partial charge in [0.2, 0.25) is 0 Å². The highest BCUT2D eigenvalue weighted by atomic mass is 35.5. The van der Waals surface area contributed by atoms with Crippen molar-refractivity contribution in [3.63, 3.8) is 0 Å². The SMILES string of the molecule is CCCC(C)N.Cl.Cl. The summed E-state index contributed by atoms with van der Waals surface area (Å²) in [6.45, 7) is 4.17. The summed E-state index contributed by atoms with van der Waals surface area (Å²) in [5.41, 5.74) is 5.40. The predicted octanol–water partition coefficient (Wildman–Crippen LogP) is 1.98. The molecule has 0 aliphatic rings. The maximum absolute atomic E-state index is 5.40. The number of hydrogen-bond acceptors (Lipinski definition) is 1. The van der Waals surface area contributed by atoms with Crippen molar-refractivity contribution >= 4 is 24.8 Å². The van der Waals surface area contributed by atoms with Crippen LogP contribution < -0.4 is 5.73 Å². The van der Waals surface area contributed by atoms with Crippen molar-refractivity contribution in [1.29, 1.82) is 0 Å². The van der Waals surface area contributed by atoms with Crippen molar-refractivity contribution in [2.24, 2.45) is 5.73 Å². The molecule has 0 saturated carbocycles. The van der Waals surface area contributed by atoms with Crippen LogP contribution in [-0.2, 0) is 0 Å². The van der Waals surface area contributed by atoms with Crippen molar-refractivity contribution in [3.05, 3.63) is 0 Å². The highest BCUT2D eigenvalue weighted by Gasteiger charge is 1.85. The summed E-state index contributed by atoms with van der Waals surface area (Å²) >= 11 is 0. The lowest BCUT2D eigenvalue weighted by atomic mass is 10.2. The van der Waals surface area contributed by atoms with Crippen molar-refractivity contribution < 1.29 is 0 Å². The van der Waals surface area contributed by atoms with E-state index < -0.39 is 0 Å². The molecule has 3 heteroatoms. The summed E-state index contributed by atoms with van der Waals surface area (Å²) in [5.74, 6) is 0. The van der Waals surface area contributed by atoms with Gasteiger partial charge in [0.15, 0.2) is 0 Å². The highest BCUT2D eigenvalue weighted by Crippen LogP contribution is 1.88. The van der Waals surface area contributed by atoms with Crippen LogP contribution in [0.25, 0.3) is 0 Å². The lowest BCUT2D eigenvalue weighted by Gasteiger charge is -1.96. The molecule has 1 nitrogen and oxygen atoms in total. The Bertz CT molecular complexity index is 31.6. The van der Waals surface area contributed by atoms with Crippen LogP contribution in [0.4, 0.5) is 0 Å². The summed E-state index contributed by atoms with van der Waals surface area (Å²) in [4.78, 5) is 0. The molecule has 0 amide bonds. The Kier molecular flexibility index (Phi) is 20.8. The van der Waals surface area contributed by atoms with Gasteiger partial charge in [-0.3, -0.25) is 0 Å². The monoisotopic (exact) mass is 159 g/mol. The number of nitrogens with two attached hydrogens (primary N) is 1. The fourth-order valence-corrected chi connectivity index (χ4v) is 0.455. The van der Waals surface area contributed by atoms with Gasteiger partial charge in [0.25, 0.3) is 0 Å². The van der Waals surface area contributed by atoms with Crippen LogP contribution in [0, 0.1) is 0 Å². The maximum atomic E-state index is 5.40. The van der Waals surface area contributed by atoms with Gasteiger partial charge >= 0.3 is 0 Å². The third-order valence-electron chi connectivity index (χ3n) is 0.744. The molecule has 0 saturated heterocycles. The molecule has 0 rings (SSSR count). The molecule has 1 atom stereocenters. The molecule has 0 aromatic heterocycles. The Balaban J connectivity index is -0.000000125. The Morgan fingerprint density at radius 1 is 1.38 bits per heavy atom. The van der Waals surface area contributed by atoms with Gasteiger partial charge < -0.3 is 5.73 Å². The van der Waals surface area contributed by atoms with Crippen LogP contribution in [0.3, 0.4) is 0 Å². The molecule has 0 aliphatic heterocycles. The lowest BCUT2D eigenvalue weighted by molar-refractivity contribution is 0.653. The van der Waals surface area contributed by atoms with E-state index in [2.05, 4.69) is 6.92 Å². The molecule has 0 spiro atoms. The average molecular weight is 160 g/mol. The molecule has 1 unspecified atom stereocenters. The average Bonchev–Trinajstić information content (AvgIpc) is 1.35. The Morgan fingerprint density at radius 2 is 1.75 bits per heavy atom. The molecule has 0 aromatic carbocycles. The molecule has 0 bridgehead atoms. The van der Waals surface area contributed by atoms with Crippen LogP contribution in [0.1, 0.15) is 26.7 Å². The zero-order valence-electron chi connectivity index (χ0n) is 5.39. The molecule has 0 aromatic rings. The molecule has 8 heavy (non-hydrogen) atoms. The van der Waals surface area contributed by atoms with Gasteiger partial charge in [0.05, 0.1) is 0 Å². The minimum Gasteiger partial charge on any atom is -0.328 e. The molecule has 2 N–H and O–H groups in total. The van der Waals surface area contributed by atoms with E-state index in [0.29, 0.717) is 6.04 Å². The van der Waals surface area contributed by atoms with Crippen molar-refractivity contribution in [2.75, 3.05) is 0 Å². The Morgan fingerprint density at radius 3 is 1.75 bits per heavy atom. The largest absolute Gasteiger partial charge is 0.328 e. The fourth-order valence-electron chi connectivity index (χ4n) is 0.455. The minimum atomic E-state index is 0. The van der Waals surface area contributed by atoms with E-state index in [1.165, 1.54) is 6.42 Å². The van der Waals surface area contributed by atoms with Gasteiger partial charge in [0.1, 0.15) is 0 Å². The summed E-state index contributed by atoms with van der Waals surface area (Å²) in [6, 6.07) is 0.398. The predicted molar refractivity (Wildman–Crippen MR) is 43.1 cm³/mol. The first-order valence-corrected chi connectivity index (χ1v) is 2.53. The van der Waals surface area contributed by atoms with E-state index >= 15 is 0 Å². The molecule has 0 fully saturated rings. The summed E-state index contributed by atoms with van der Waals surface area (Å²) in [7, 11) is 0. The third-order valence-corrected chi connectivity index (χ3v) is 0.744. The zero-order chi connectivity index (χ0) is 4.99. The van der Waals surface area contributed by atoms with Crippen molar-refractivity contribution in [2.45, 2.75) is 32.7 Å². The molecular formula is C5H15Cl2N. The van der Waals surface area contributed by atoms with E-state index in [0.717, 1.165) is 6.42 Å². The lowest BCUT2D eigenvalue weighted by Crippen LogP contribution is -2.13.